The van der Waals surface area contributed by atoms with Gasteiger partial charge in [0.15, 0.2) is 0 Å². The Bertz CT molecular complexity index is 1120. The first-order chi connectivity index (χ1) is 18.3. The van der Waals surface area contributed by atoms with Crippen LogP contribution in [0.1, 0.15) is 75.5 Å². The molecule has 2 aromatic rings. The van der Waals surface area contributed by atoms with Gasteiger partial charge in [-0.2, -0.15) is 0 Å². The summed E-state index contributed by atoms with van der Waals surface area (Å²) in [6.07, 6.45) is 5.68. The third kappa shape index (κ3) is 6.40. The van der Waals surface area contributed by atoms with Crippen molar-refractivity contribution in [2.24, 2.45) is 11.8 Å². The molecular formula is C32H44N2O4. The van der Waals surface area contributed by atoms with Crippen LogP contribution in [-0.4, -0.2) is 54.2 Å². The molecule has 0 radical (unpaired) electrons. The van der Waals surface area contributed by atoms with E-state index in [2.05, 4.69) is 37.8 Å². The molecule has 38 heavy (non-hydrogen) atoms. The van der Waals surface area contributed by atoms with E-state index in [-0.39, 0.29) is 24.4 Å². The van der Waals surface area contributed by atoms with Crippen LogP contribution in [0.5, 0.6) is 5.75 Å². The zero-order valence-electron chi connectivity index (χ0n) is 23.5. The number of hydrogen-bond acceptors (Lipinski definition) is 4. The van der Waals surface area contributed by atoms with Crippen molar-refractivity contribution in [1.29, 1.82) is 0 Å². The molecule has 1 amide bonds. The van der Waals surface area contributed by atoms with Crippen LogP contribution in [0.3, 0.4) is 0 Å². The number of carboxylic acids is 1. The van der Waals surface area contributed by atoms with E-state index in [1.165, 1.54) is 0 Å². The van der Waals surface area contributed by atoms with Gasteiger partial charge in [-0.05, 0) is 60.6 Å². The second kappa shape index (κ2) is 12.8. The molecule has 2 aliphatic heterocycles. The van der Waals surface area contributed by atoms with Crippen molar-refractivity contribution in [3.63, 3.8) is 0 Å². The molecule has 1 fully saturated rings. The maximum atomic E-state index is 13.9. The van der Waals surface area contributed by atoms with Crippen LogP contribution in [0.25, 0.3) is 0 Å². The Labute approximate surface area is 228 Å². The van der Waals surface area contributed by atoms with Gasteiger partial charge >= 0.3 is 5.97 Å². The third-order valence-corrected chi connectivity index (χ3v) is 8.29. The fourth-order valence-corrected chi connectivity index (χ4v) is 6.35. The van der Waals surface area contributed by atoms with Crippen LogP contribution in [0.2, 0.25) is 0 Å². The SMILES string of the molecule is CCCCN(C(=O)CN1C[C@H](c2ccc3c(c2)CCO3)[C@@H](C(=O)O)[C@@H]1CC(C)CCC)c1cccc(C)c1. The van der Waals surface area contributed by atoms with Crippen molar-refractivity contribution < 1.29 is 19.4 Å². The summed E-state index contributed by atoms with van der Waals surface area (Å²) in [6, 6.07) is 14.1. The molecule has 1 unspecified atom stereocenters. The number of ether oxygens (including phenoxy) is 1. The van der Waals surface area contributed by atoms with Gasteiger partial charge in [-0.1, -0.05) is 64.3 Å². The normalized spacial score (nSPS) is 21.6. The summed E-state index contributed by atoms with van der Waals surface area (Å²) in [5, 5.41) is 10.5. The lowest BCUT2D eigenvalue weighted by Gasteiger charge is -2.31. The summed E-state index contributed by atoms with van der Waals surface area (Å²) in [5.74, 6) is -0.132. The number of unbranched alkanes of at least 4 members (excludes halogenated alkanes) is 1. The van der Waals surface area contributed by atoms with E-state index < -0.39 is 11.9 Å². The second-order valence-electron chi connectivity index (χ2n) is 11.3. The Kier molecular flexibility index (Phi) is 9.48. The van der Waals surface area contributed by atoms with Gasteiger partial charge in [0, 0.05) is 37.2 Å². The quantitative estimate of drug-likeness (QED) is 0.368. The highest BCUT2D eigenvalue weighted by molar-refractivity contribution is 5.95. The Morgan fingerprint density at radius 3 is 2.68 bits per heavy atom. The fourth-order valence-electron chi connectivity index (χ4n) is 6.35. The van der Waals surface area contributed by atoms with Crippen molar-refractivity contribution >= 4 is 17.6 Å². The largest absolute Gasteiger partial charge is 0.493 e. The highest BCUT2D eigenvalue weighted by Crippen LogP contribution is 2.42. The molecule has 4 atom stereocenters. The molecule has 2 aromatic carbocycles. The van der Waals surface area contributed by atoms with E-state index in [1.807, 2.05) is 42.2 Å². The summed E-state index contributed by atoms with van der Waals surface area (Å²) in [5.41, 5.74) is 4.24. The Balaban J connectivity index is 1.64. The standard InChI is InChI=1S/C32H44N2O4/c1-5-7-15-34(26-11-8-10-23(4)17-26)30(35)21-33-20-27(24-12-13-29-25(19-24)14-16-38-29)31(32(36)37)28(33)18-22(3)9-6-2/h8,10-13,17,19,22,27-28,31H,5-7,9,14-16,18,20-21H2,1-4H3,(H,36,37)/t22?,27-,28+,31-/m1/s1. The van der Waals surface area contributed by atoms with Crippen molar-refractivity contribution in [3.05, 3.63) is 59.2 Å². The predicted octanol–water partition coefficient (Wildman–Crippen LogP) is 6.06. The number of amides is 1. The van der Waals surface area contributed by atoms with Gasteiger partial charge in [-0.25, -0.2) is 0 Å². The Morgan fingerprint density at radius 2 is 1.97 bits per heavy atom. The molecular weight excluding hydrogens is 476 g/mol. The van der Waals surface area contributed by atoms with Crippen molar-refractivity contribution in [2.75, 3.05) is 31.1 Å². The minimum absolute atomic E-state index is 0.0457. The van der Waals surface area contributed by atoms with Gasteiger partial charge < -0.3 is 14.7 Å². The first-order valence-corrected chi connectivity index (χ1v) is 14.4. The maximum Gasteiger partial charge on any atom is 0.308 e. The van der Waals surface area contributed by atoms with Crippen LogP contribution in [0, 0.1) is 18.8 Å². The van der Waals surface area contributed by atoms with Crippen LogP contribution in [-0.2, 0) is 16.0 Å². The lowest BCUT2D eigenvalue weighted by molar-refractivity contribution is -0.143. The molecule has 1 N–H and O–H groups in total. The molecule has 206 valence electrons. The molecule has 0 spiro atoms. The van der Waals surface area contributed by atoms with E-state index in [0.717, 1.165) is 66.7 Å². The van der Waals surface area contributed by atoms with Crippen LogP contribution in [0.15, 0.2) is 42.5 Å². The van der Waals surface area contributed by atoms with Crippen molar-refractivity contribution in [2.45, 2.75) is 78.2 Å². The summed E-state index contributed by atoms with van der Waals surface area (Å²) in [7, 11) is 0. The van der Waals surface area contributed by atoms with Crippen LogP contribution in [0.4, 0.5) is 5.69 Å². The highest BCUT2D eigenvalue weighted by Gasteiger charge is 2.47. The number of carbonyl (C=O) groups excluding carboxylic acids is 1. The molecule has 0 bridgehead atoms. The van der Waals surface area contributed by atoms with E-state index in [9.17, 15) is 14.7 Å². The van der Waals surface area contributed by atoms with Gasteiger partial charge in [-0.15, -0.1) is 0 Å². The fraction of sp³-hybridized carbons (Fsp3) is 0.562. The van der Waals surface area contributed by atoms with E-state index in [0.29, 0.717) is 25.6 Å². The van der Waals surface area contributed by atoms with Crippen LogP contribution >= 0.6 is 0 Å². The number of hydrogen-bond donors (Lipinski definition) is 1. The number of likely N-dealkylation sites (tertiary alicyclic amines) is 1. The number of anilines is 1. The van der Waals surface area contributed by atoms with Gasteiger partial charge in [0.2, 0.25) is 5.91 Å². The number of nitrogens with zero attached hydrogens (tertiary/aromatic N) is 2. The number of aliphatic carboxylic acids is 1. The number of carboxylic acid groups (broad SMARTS) is 1. The minimum Gasteiger partial charge on any atom is -0.493 e. The number of carbonyl (C=O) groups is 2. The molecule has 1 saturated heterocycles. The van der Waals surface area contributed by atoms with Gasteiger partial charge in [0.25, 0.3) is 0 Å². The number of benzene rings is 2. The van der Waals surface area contributed by atoms with E-state index >= 15 is 0 Å². The zero-order chi connectivity index (χ0) is 27.2. The number of fused-ring (bicyclic) bond motifs is 1. The van der Waals surface area contributed by atoms with Gasteiger partial charge in [-0.3, -0.25) is 14.5 Å². The van der Waals surface area contributed by atoms with Crippen LogP contribution < -0.4 is 9.64 Å². The average molecular weight is 521 g/mol. The third-order valence-electron chi connectivity index (χ3n) is 8.29. The lowest BCUT2D eigenvalue weighted by atomic mass is 9.81. The molecule has 0 aromatic heterocycles. The lowest BCUT2D eigenvalue weighted by Crippen LogP contribution is -2.45. The maximum absolute atomic E-state index is 13.9. The monoisotopic (exact) mass is 520 g/mol. The summed E-state index contributed by atoms with van der Waals surface area (Å²) < 4.78 is 5.70. The van der Waals surface area contributed by atoms with Crippen molar-refractivity contribution in [1.82, 2.24) is 4.90 Å². The zero-order valence-corrected chi connectivity index (χ0v) is 23.5. The number of aryl methyl sites for hydroxylation is 1. The first-order valence-electron chi connectivity index (χ1n) is 14.4. The molecule has 6 heteroatoms. The average Bonchev–Trinajstić information content (AvgIpc) is 3.49. The number of rotatable bonds is 12. The topological polar surface area (TPSA) is 70.1 Å². The smallest absolute Gasteiger partial charge is 0.308 e. The summed E-state index contributed by atoms with van der Waals surface area (Å²) in [6.45, 7) is 10.7. The van der Waals surface area contributed by atoms with Gasteiger partial charge in [0.1, 0.15) is 5.75 Å². The molecule has 0 aliphatic carbocycles. The van der Waals surface area contributed by atoms with E-state index in [1.54, 1.807) is 0 Å². The van der Waals surface area contributed by atoms with E-state index in [4.69, 9.17) is 4.74 Å². The summed E-state index contributed by atoms with van der Waals surface area (Å²) >= 11 is 0. The minimum atomic E-state index is -0.767. The Morgan fingerprint density at radius 1 is 1.16 bits per heavy atom. The predicted molar refractivity (Wildman–Crippen MR) is 152 cm³/mol. The second-order valence-corrected chi connectivity index (χ2v) is 11.3. The summed E-state index contributed by atoms with van der Waals surface area (Å²) in [4.78, 5) is 30.7. The molecule has 0 saturated carbocycles. The molecule has 2 aliphatic rings. The van der Waals surface area contributed by atoms with Crippen molar-refractivity contribution in [3.8, 4) is 5.75 Å². The highest BCUT2D eigenvalue weighted by atomic mass is 16.5. The molecule has 6 nitrogen and oxygen atoms in total. The van der Waals surface area contributed by atoms with Gasteiger partial charge in [0.05, 0.1) is 19.1 Å². The molecule has 2 heterocycles. The first kappa shape index (κ1) is 28.2. The molecule has 4 rings (SSSR count). The Hall–Kier alpha value is -2.86.